The molecule has 0 amide bonds. The molecule has 5 nitrogen and oxygen atoms in total. The zero-order valence-corrected chi connectivity index (χ0v) is 35.7. The lowest BCUT2D eigenvalue weighted by Gasteiger charge is -2.53. The van der Waals surface area contributed by atoms with Crippen molar-refractivity contribution in [1.82, 2.24) is 0 Å². The second-order valence-electron chi connectivity index (χ2n) is 16.4. The van der Waals surface area contributed by atoms with Crippen LogP contribution < -0.4 is 0 Å². The lowest BCUT2D eigenvalue weighted by atomic mass is 9.59. The summed E-state index contributed by atoms with van der Waals surface area (Å²) in [6, 6.07) is 30.4. The molecule has 0 heterocycles. The summed E-state index contributed by atoms with van der Waals surface area (Å²) in [6.45, 7) is 20.6. The summed E-state index contributed by atoms with van der Waals surface area (Å²) in [5.41, 5.74) is 4.03. The quantitative estimate of drug-likeness (QED) is 0.0860. The first-order valence-corrected chi connectivity index (χ1v) is 22.7. The van der Waals surface area contributed by atoms with Crippen LogP contribution in [0.4, 0.5) is 0 Å². The third kappa shape index (κ3) is 8.93. The highest BCUT2D eigenvalue weighted by Gasteiger charge is 2.58. The fraction of sp³-hybridized carbons (Fsp3) is 0.447. The van der Waals surface area contributed by atoms with Crippen LogP contribution in [0.25, 0.3) is 0 Å². The Morgan fingerprint density at radius 1 is 0.722 bits per heavy atom. The standard InChI is InChI=1S/C47H62O5SSi/c1-33(2)54(34(3)4,35(5)6)52-43-29-47(49,46(8,9)42(36(43)7)32-53-39-25-17-12-18-26-39)44(48)40-27-19-20-28-41(40)45(50-30-37-21-13-10-14-22-37)51-31-38-23-15-11-16-24-38/h10-18,21-28,32-35,44-45,48-49H,19-20,29-31H2,1-9H3/b42-32+/t44-,47+/m0/s1. The molecule has 0 aromatic heterocycles. The molecule has 0 aliphatic heterocycles. The van der Waals surface area contributed by atoms with Gasteiger partial charge < -0.3 is 24.1 Å². The van der Waals surface area contributed by atoms with Gasteiger partial charge in [-0.25, -0.2) is 0 Å². The molecule has 3 aromatic rings. The molecule has 2 atom stereocenters. The maximum absolute atomic E-state index is 13.4. The smallest absolute Gasteiger partial charge is 0.258 e. The molecule has 0 fully saturated rings. The molecule has 290 valence electrons. The number of rotatable bonds is 16. The average Bonchev–Trinajstić information content (AvgIpc) is 3.16. The largest absolute Gasteiger partial charge is 0.545 e. The topological polar surface area (TPSA) is 68.2 Å². The summed E-state index contributed by atoms with van der Waals surface area (Å²) >= 11 is 1.64. The van der Waals surface area contributed by atoms with E-state index in [1.807, 2.05) is 78.9 Å². The van der Waals surface area contributed by atoms with Gasteiger partial charge in [-0.3, -0.25) is 0 Å². The minimum atomic E-state index is -2.42. The molecule has 2 aliphatic carbocycles. The molecular weight excluding hydrogens is 705 g/mol. The van der Waals surface area contributed by atoms with Crippen LogP contribution in [0.1, 0.15) is 92.7 Å². The summed E-state index contributed by atoms with van der Waals surface area (Å²) < 4.78 is 20.6. The fourth-order valence-corrected chi connectivity index (χ4v) is 15.0. The van der Waals surface area contributed by atoms with Gasteiger partial charge in [0, 0.05) is 22.3 Å². The SMILES string of the molecule is CC1=C(O[Si](C(C)C)(C(C)C)C(C)C)C[C@@](O)([C@@H](O)C2=CCCC=C2C(OCc2ccccc2)OCc2ccccc2)C(C)(C)/C1=C/Sc1ccccc1. The molecule has 0 radical (unpaired) electrons. The van der Waals surface area contributed by atoms with Gasteiger partial charge >= 0.3 is 0 Å². The van der Waals surface area contributed by atoms with Crippen LogP contribution >= 0.6 is 11.8 Å². The van der Waals surface area contributed by atoms with Gasteiger partial charge in [0.2, 0.25) is 0 Å². The van der Waals surface area contributed by atoms with Crippen LogP contribution in [0.15, 0.2) is 142 Å². The van der Waals surface area contributed by atoms with Crippen molar-refractivity contribution in [2.45, 2.75) is 134 Å². The molecule has 3 aromatic carbocycles. The molecule has 5 rings (SSSR count). The Labute approximate surface area is 330 Å². The Hall–Kier alpha value is -3.17. The number of aliphatic hydroxyl groups excluding tert-OH is 1. The number of ether oxygens (including phenoxy) is 2. The number of benzene rings is 3. The lowest BCUT2D eigenvalue weighted by molar-refractivity contribution is -0.143. The zero-order chi connectivity index (χ0) is 39.1. The average molecular weight is 767 g/mol. The molecule has 7 heteroatoms. The van der Waals surface area contributed by atoms with Crippen molar-refractivity contribution in [1.29, 1.82) is 0 Å². The van der Waals surface area contributed by atoms with Crippen molar-refractivity contribution in [2.75, 3.05) is 0 Å². The Morgan fingerprint density at radius 2 is 1.19 bits per heavy atom. The molecular formula is C47H62O5SSi. The fourth-order valence-electron chi connectivity index (χ4n) is 8.62. The number of aliphatic hydroxyl groups is 2. The molecule has 0 saturated carbocycles. The molecule has 2 N–H and O–H groups in total. The number of hydrogen-bond donors (Lipinski definition) is 2. The number of allylic oxidation sites excluding steroid dienone is 3. The van der Waals surface area contributed by atoms with Crippen molar-refractivity contribution in [2.24, 2.45) is 5.41 Å². The number of thioether (sulfide) groups is 1. The van der Waals surface area contributed by atoms with Gasteiger partial charge in [-0.05, 0) is 81.8 Å². The minimum absolute atomic E-state index is 0.187. The van der Waals surface area contributed by atoms with E-state index in [4.69, 9.17) is 13.9 Å². The van der Waals surface area contributed by atoms with E-state index in [1.54, 1.807) is 11.8 Å². The van der Waals surface area contributed by atoms with E-state index < -0.39 is 31.7 Å². The predicted molar refractivity (Wildman–Crippen MR) is 226 cm³/mol. The third-order valence-electron chi connectivity index (χ3n) is 11.8. The van der Waals surface area contributed by atoms with Gasteiger partial charge in [-0.15, -0.1) is 0 Å². The first kappa shape index (κ1) is 42.0. The van der Waals surface area contributed by atoms with Gasteiger partial charge in [0.1, 0.15) is 11.7 Å². The highest BCUT2D eigenvalue weighted by Crippen LogP contribution is 2.56. The molecule has 54 heavy (non-hydrogen) atoms. The molecule has 0 spiro atoms. The summed E-state index contributed by atoms with van der Waals surface area (Å²) in [6.07, 6.45) is 3.88. The van der Waals surface area contributed by atoms with Gasteiger partial charge in [0.25, 0.3) is 8.32 Å². The monoisotopic (exact) mass is 766 g/mol. The molecule has 0 bridgehead atoms. The van der Waals surface area contributed by atoms with Crippen LogP contribution in [-0.2, 0) is 27.1 Å². The van der Waals surface area contributed by atoms with E-state index in [1.165, 1.54) is 0 Å². The van der Waals surface area contributed by atoms with Crippen molar-refractivity contribution in [3.8, 4) is 0 Å². The second kappa shape index (κ2) is 18.2. The van der Waals surface area contributed by atoms with Gasteiger partial charge in [-0.2, -0.15) is 0 Å². The van der Waals surface area contributed by atoms with E-state index in [9.17, 15) is 10.2 Å². The third-order valence-corrected chi connectivity index (χ3v) is 18.7. The van der Waals surface area contributed by atoms with E-state index in [0.29, 0.717) is 35.4 Å². The second-order valence-corrected chi connectivity index (χ2v) is 22.7. The highest BCUT2D eigenvalue weighted by molar-refractivity contribution is 8.02. The van der Waals surface area contributed by atoms with E-state index >= 15 is 0 Å². The van der Waals surface area contributed by atoms with Crippen LogP contribution in [0.2, 0.25) is 16.6 Å². The highest BCUT2D eigenvalue weighted by atomic mass is 32.2. The first-order valence-electron chi connectivity index (χ1n) is 19.7. The van der Waals surface area contributed by atoms with Crippen LogP contribution in [0.5, 0.6) is 0 Å². The van der Waals surface area contributed by atoms with Gasteiger partial charge in [0.05, 0.1) is 19.0 Å². The van der Waals surface area contributed by atoms with Crippen molar-refractivity contribution >= 4 is 20.1 Å². The van der Waals surface area contributed by atoms with Crippen molar-refractivity contribution < 1.29 is 24.1 Å². The van der Waals surface area contributed by atoms with Gasteiger partial charge in [0.15, 0.2) is 6.29 Å². The Morgan fingerprint density at radius 3 is 1.67 bits per heavy atom. The Balaban J connectivity index is 1.57. The Kier molecular flexibility index (Phi) is 14.1. The van der Waals surface area contributed by atoms with E-state index in [2.05, 4.69) is 92.0 Å². The maximum atomic E-state index is 13.4. The predicted octanol–water partition coefficient (Wildman–Crippen LogP) is 12.1. The van der Waals surface area contributed by atoms with Crippen molar-refractivity contribution in [3.05, 3.63) is 148 Å². The molecule has 0 unspecified atom stereocenters. The van der Waals surface area contributed by atoms with E-state index in [0.717, 1.165) is 51.3 Å². The molecule has 2 aliphatic rings. The summed E-state index contributed by atoms with van der Waals surface area (Å²) in [4.78, 5) is 1.11. The van der Waals surface area contributed by atoms with Crippen LogP contribution in [-0.4, -0.2) is 36.5 Å². The number of hydrogen-bond acceptors (Lipinski definition) is 6. The van der Waals surface area contributed by atoms with Gasteiger partial charge in [-0.1, -0.05) is 158 Å². The van der Waals surface area contributed by atoms with Crippen LogP contribution in [0, 0.1) is 5.41 Å². The van der Waals surface area contributed by atoms with E-state index in [-0.39, 0.29) is 6.42 Å². The zero-order valence-electron chi connectivity index (χ0n) is 33.8. The lowest BCUT2D eigenvalue weighted by Crippen LogP contribution is -2.59. The summed E-state index contributed by atoms with van der Waals surface area (Å²) in [5.74, 6) is 0.790. The Bertz CT molecular complexity index is 1730. The first-order chi connectivity index (χ1) is 25.7. The minimum Gasteiger partial charge on any atom is -0.545 e. The molecule has 0 saturated heterocycles. The van der Waals surface area contributed by atoms with Crippen molar-refractivity contribution in [3.63, 3.8) is 0 Å². The summed E-state index contributed by atoms with van der Waals surface area (Å²) in [7, 11) is -2.42. The van der Waals surface area contributed by atoms with Crippen LogP contribution in [0.3, 0.4) is 0 Å². The summed E-state index contributed by atoms with van der Waals surface area (Å²) in [5, 5.41) is 28.4. The maximum Gasteiger partial charge on any atom is 0.258 e. The normalized spacial score (nSPS) is 20.5.